The Balaban J connectivity index is 1.66. The summed E-state index contributed by atoms with van der Waals surface area (Å²) in [5.41, 5.74) is 0.379. The molecule has 0 spiro atoms. The predicted molar refractivity (Wildman–Crippen MR) is 140 cm³/mol. The Kier molecular flexibility index (Phi) is 6.53. The van der Waals surface area contributed by atoms with E-state index in [0.717, 1.165) is 0 Å². The highest BCUT2D eigenvalue weighted by Gasteiger charge is 2.41. The molecule has 2 aliphatic rings. The maximum absolute atomic E-state index is 13.8. The molecule has 3 atom stereocenters. The van der Waals surface area contributed by atoms with Crippen LogP contribution in [0.3, 0.4) is 0 Å². The van der Waals surface area contributed by atoms with Crippen LogP contribution < -0.4 is 4.90 Å². The SMILES string of the molecule is C[C@@H]1CN(c2nccc3c2ccn3S(=O)(=O)C2(C)C=CC=C(C=O)C2)[C@@H](C)CN1C(=O)OC(C)(C)C. The van der Waals surface area contributed by atoms with Crippen LogP contribution in [0.1, 0.15) is 48.0 Å². The van der Waals surface area contributed by atoms with E-state index in [9.17, 15) is 18.0 Å². The minimum atomic E-state index is -3.88. The Labute approximate surface area is 212 Å². The highest BCUT2D eigenvalue weighted by molar-refractivity contribution is 7.91. The number of ether oxygens (including phenoxy) is 1. The summed E-state index contributed by atoms with van der Waals surface area (Å²) in [6.07, 6.45) is 8.51. The van der Waals surface area contributed by atoms with Crippen LogP contribution in [0.4, 0.5) is 10.6 Å². The Bertz CT molecular complexity index is 1350. The van der Waals surface area contributed by atoms with Gasteiger partial charge in [-0.05, 0) is 59.2 Å². The number of carbonyl (C=O) groups excluding carboxylic acids is 2. The van der Waals surface area contributed by atoms with Gasteiger partial charge in [-0.25, -0.2) is 22.2 Å². The highest BCUT2D eigenvalue weighted by Crippen LogP contribution is 2.36. The van der Waals surface area contributed by atoms with Crippen LogP contribution in [0.2, 0.25) is 0 Å². The molecular weight excluding hydrogens is 480 g/mol. The molecule has 2 aromatic rings. The van der Waals surface area contributed by atoms with Gasteiger partial charge < -0.3 is 14.5 Å². The summed E-state index contributed by atoms with van der Waals surface area (Å²) in [6.45, 7) is 12.1. The Morgan fingerprint density at radius 1 is 1.19 bits per heavy atom. The summed E-state index contributed by atoms with van der Waals surface area (Å²) in [6, 6.07) is 3.26. The number of aromatic nitrogens is 2. The zero-order chi connectivity index (χ0) is 26.5. The van der Waals surface area contributed by atoms with Gasteiger partial charge in [-0.15, -0.1) is 0 Å². The molecule has 1 saturated heterocycles. The van der Waals surface area contributed by atoms with Crippen molar-refractivity contribution in [3.05, 3.63) is 48.3 Å². The molecule has 9 nitrogen and oxygen atoms in total. The van der Waals surface area contributed by atoms with Crippen molar-refractivity contribution in [2.24, 2.45) is 0 Å². The van der Waals surface area contributed by atoms with E-state index in [2.05, 4.69) is 9.88 Å². The number of allylic oxidation sites excluding steroid dienone is 3. The Morgan fingerprint density at radius 3 is 2.58 bits per heavy atom. The summed E-state index contributed by atoms with van der Waals surface area (Å²) in [4.78, 5) is 32.5. The molecule has 0 saturated carbocycles. The van der Waals surface area contributed by atoms with Crippen molar-refractivity contribution >= 4 is 39.1 Å². The van der Waals surface area contributed by atoms with E-state index in [1.807, 2.05) is 34.6 Å². The lowest BCUT2D eigenvalue weighted by Crippen LogP contribution is -2.59. The molecule has 1 aliphatic heterocycles. The third kappa shape index (κ3) is 4.54. The van der Waals surface area contributed by atoms with E-state index in [1.54, 1.807) is 54.6 Å². The van der Waals surface area contributed by atoms with Crippen molar-refractivity contribution in [1.82, 2.24) is 13.9 Å². The first-order valence-electron chi connectivity index (χ1n) is 12.1. The number of pyridine rings is 1. The third-order valence-electron chi connectivity index (χ3n) is 6.76. The van der Waals surface area contributed by atoms with E-state index in [4.69, 9.17) is 4.74 Å². The number of carbonyl (C=O) groups is 2. The molecular formula is C26H34N4O5S. The molecule has 0 radical (unpaired) electrons. The van der Waals surface area contributed by atoms with Gasteiger partial charge in [0.1, 0.15) is 22.5 Å². The number of aldehydes is 1. The molecule has 3 heterocycles. The first-order valence-corrected chi connectivity index (χ1v) is 13.5. The minimum absolute atomic E-state index is 0.0640. The third-order valence-corrected chi connectivity index (χ3v) is 9.06. The molecule has 0 bridgehead atoms. The molecule has 10 heteroatoms. The largest absolute Gasteiger partial charge is 0.444 e. The number of hydrogen-bond donors (Lipinski definition) is 0. The maximum atomic E-state index is 13.8. The standard InChI is InChI=1S/C26H34N4O5S/c1-18-16-29(24(32)35-25(3,4)5)19(2)15-28(18)23-21-10-13-30(22(21)9-12-27-23)36(33,34)26(6)11-7-8-20(14-26)17-31/h7-13,17-19H,14-16H2,1-6H3/t18-,19+,26?/m0/s1. The van der Waals surface area contributed by atoms with E-state index in [1.165, 1.54) is 3.97 Å². The van der Waals surface area contributed by atoms with Gasteiger partial charge in [0, 0.05) is 49.4 Å². The fourth-order valence-electron chi connectivity index (χ4n) is 4.84. The molecule has 1 fully saturated rings. The number of nitrogens with zero attached hydrogens (tertiary/aromatic N) is 4. The second kappa shape index (κ2) is 9.06. The maximum Gasteiger partial charge on any atom is 0.410 e. The summed E-state index contributed by atoms with van der Waals surface area (Å²) in [5.74, 6) is 0.669. The van der Waals surface area contributed by atoms with Crippen molar-refractivity contribution < 1.29 is 22.7 Å². The fraction of sp³-hybridized carbons (Fsp3) is 0.500. The average molecular weight is 515 g/mol. The lowest BCUT2D eigenvalue weighted by atomic mass is 9.96. The second-order valence-electron chi connectivity index (χ2n) is 10.9. The van der Waals surface area contributed by atoms with Crippen LogP contribution in [0.25, 0.3) is 10.9 Å². The summed E-state index contributed by atoms with van der Waals surface area (Å²) in [7, 11) is -3.88. The van der Waals surface area contributed by atoms with Crippen molar-refractivity contribution in [1.29, 1.82) is 0 Å². The van der Waals surface area contributed by atoms with Crippen LogP contribution in [-0.4, -0.2) is 70.2 Å². The smallest absolute Gasteiger partial charge is 0.410 e. The Morgan fingerprint density at radius 2 is 1.92 bits per heavy atom. The lowest BCUT2D eigenvalue weighted by molar-refractivity contribution is -0.105. The lowest BCUT2D eigenvalue weighted by Gasteiger charge is -2.44. The highest BCUT2D eigenvalue weighted by atomic mass is 32.2. The number of piperazine rings is 1. The van der Waals surface area contributed by atoms with Gasteiger partial charge in [-0.2, -0.15) is 0 Å². The van der Waals surface area contributed by atoms with Gasteiger partial charge in [-0.3, -0.25) is 4.79 Å². The number of anilines is 1. The molecule has 1 unspecified atom stereocenters. The molecule has 2 aromatic heterocycles. The van der Waals surface area contributed by atoms with Crippen LogP contribution in [0.5, 0.6) is 0 Å². The van der Waals surface area contributed by atoms with Crippen LogP contribution >= 0.6 is 0 Å². The van der Waals surface area contributed by atoms with Gasteiger partial charge in [-0.1, -0.05) is 18.2 Å². The topological polar surface area (TPSA) is 102 Å². The molecule has 4 rings (SSSR count). The van der Waals surface area contributed by atoms with Crippen molar-refractivity contribution in [2.45, 2.75) is 70.4 Å². The zero-order valence-corrected chi connectivity index (χ0v) is 22.4. The van der Waals surface area contributed by atoms with Crippen LogP contribution in [-0.2, 0) is 19.6 Å². The number of rotatable bonds is 4. The molecule has 194 valence electrons. The predicted octanol–water partition coefficient (Wildman–Crippen LogP) is 3.89. The number of fused-ring (bicyclic) bond motifs is 1. The summed E-state index contributed by atoms with van der Waals surface area (Å²) in [5, 5.41) is 0.709. The monoisotopic (exact) mass is 514 g/mol. The number of hydrogen-bond acceptors (Lipinski definition) is 7. The zero-order valence-electron chi connectivity index (χ0n) is 21.6. The quantitative estimate of drug-likeness (QED) is 0.571. The second-order valence-corrected chi connectivity index (χ2v) is 13.2. The first-order chi connectivity index (χ1) is 16.8. The van der Waals surface area contributed by atoms with Gasteiger partial charge in [0.2, 0.25) is 10.0 Å². The molecule has 0 aromatic carbocycles. The normalized spacial score (nSPS) is 25.1. The van der Waals surface area contributed by atoms with Gasteiger partial charge in [0.25, 0.3) is 0 Å². The fourth-order valence-corrected chi connectivity index (χ4v) is 6.53. The molecule has 1 aliphatic carbocycles. The van der Waals surface area contributed by atoms with E-state index < -0.39 is 20.4 Å². The van der Waals surface area contributed by atoms with Gasteiger partial charge in [0.05, 0.1) is 5.52 Å². The van der Waals surface area contributed by atoms with Crippen molar-refractivity contribution in [2.75, 3.05) is 18.0 Å². The van der Waals surface area contributed by atoms with E-state index in [0.29, 0.717) is 41.7 Å². The average Bonchev–Trinajstić information content (AvgIpc) is 3.24. The minimum Gasteiger partial charge on any atom is -0.444 e. The molecule has 0 N–H and O–H groups in total. The van der Waals surface area contributed by atoms with Crippen molar-refractivity contribution in [3.63, 3.8) is 0 Å². The Hall–Kier alpha value is -3.14. The van der Waals surface area contributed by atoms with Gasteiger partial charge >= 0.3 is 6.09 Å². The van der Waals surface area contributed by atoms with E-state index in [-0.39, 0.29) is 24.6 Å². The van der Waals surface area contributed by atoms with Crippen LogP contribution in [0.15, 0.2) is 48.3 Å². The summed E-state index contributed by atoms with van der Waals surface area (Å²) < 4.78 is 33.1. The summed E-state index contributed by atoms with van der Waals surface area (Å²) >= 11 is 0. The molecule has 1 amide bonds. The first kappa shape index (κ1) is 25.9. The molecule has 36 heavy (non-hydrogen) atoms. The van der Waals surface area contributed by atoms with E-state index >= 15 is 0 Å². The van der Waals surface area contributed by atoms with Crippen LogP contribution in [0, 0.1) is 0 Å². The van der Waals surface area contributed by atoms with Crippen molar-refractivity contribution in [3.8, 4) is 0 Å². The number of amides is 1. The van der Waals surface area contributed by atoms with Gasteiger partial charge in [0.15, 0.2) is 0 Å².